The number of carbonyl (C=O) groups excluding carboxylic acids is 3. The summed E-state index contributed by atoms with van der Waals surface area (Å²) in [6.45, 7) is 11.0. The molecule has 1 aromatic carbocycles. The van der Waals surface area contributed by atoms with Crippen molar-refractivity contribution < 1.29 is 23.9 Å². The maximum absolute atomic E-state index is 12.2. The topological polar surface area (TPSA) is 93.7 Å². The highest BCUT2D eigenvalue weighted by Gasteiger charge is 2.27. The van der Waals surface area contributed by atoms with Crippen LogP contribution < -0.4 is 10.6 Å². The number of hydrogen-bond donors (Lipinski definition) is 2. The summed E-state index contributed by atoms with van der Waals surface area (Å²) in [7, 11) is 0. The van der Waals surface area contributed by atoms with Gasteiger partial charge in [-0.3, -0.25) is 4.79 Å². The first-order valence-corrected chi connectivity index (χ1v) is 8.78. The molecule has 0 saturated heterocycles. The average Bonchev–Trinajstić information content (AvgIpc) is 2.58. The molecule has 148 valence electrons. The monoisotopic (exact) mass is 376 g/mol. The van der Waals surface area contributed by atoms with Crippen LogP contribution in [-0.2, 0) is 25.6 Å². The number of alkyl carbamates (subject to hydrolysis) is 1. The third-order valence-corrected chi connectivity index (χ3v) is 3.33. The van der Waals surface area contributed by atoms with Crippen molar-refractivity contribution in [2.75, 3.05) is 6.61 Å². The molecule has 0 bridgehead atoms. The molecule has 0 fully saturated rings. The van der Waals surface area contributed by atoms with E-state index in [2.05, 4.69) is 17.2 Å². The average molecular weight is 376 g/mol. The predicted molar refractivity (Wildman–Crippen MR) is 102 cm³/mol. The van der Waals surface area contributed by atoms with Crippen molar-refractivity contribution in [3.8, 4) is 0 Å². The van der Waals surface area contributed by atoms with Gasteiger partial charge in [-0.15, -0.1) is 0 Å². The number of nitrogens with one attached hydrogen (secondary N) is 2. The van der Waals surface area contributed by atoms with E-state index in [4.69, 9.17) is 9.47 Å². The third-order valence-electron chi connectivity index (χ3n) is 3.33. The second-order valence-electron chi connectivity index (χ2n) is 6.93. The molecule has 7 heteroatoms. The second-order valence-corrected chi connectivity index (χ2v) is 6.93. The molecule has 0 unspecified atom stereocenters. The molecule has 0 saturated carbocycles. The highest BCUT2D eigenvalue weighted by atomic mass is 16.6. The van der Waals surface area contributed by atoms with E-state index in [9.17, 15) is 14.4 Å². The molecule has 27 heavy (non-hydrogen) atoms. The van der Waals surface area contributed by atoms with Crippen molar-refractivity contribution in [3.63, 3.8) is 0 Å². The Morgan fingerprint density at radius 1 is 1.15 bits per heavy atom. The van der Waals surface area contributed by atoms with E-state index in [0.29, 0.717) is 6.54 Å². The molecular weight excluding hydrogens is 348 g/mol. The number of esters is 1. The smallest absolute Gasteiger partial charge is 0.408 e. The van der Waals surface area contributed by atoms with Crippen molar-refractivity contribution in [2.45, 2.75) is 52.3 Å². The Morgan fingerprint density at radius 3 is 2.33 bits per heavy atom. The van der Waals surface area contributed by atoms with Crippen LogP contribution in [0.1, 0.15) is 39.7 Å². The van der Waals surface area contributed by atoms with Crippen LogP contribution in [0.15, 0.2) is 42.5 Å². The number of rotatable bonds is 8. The Hall–Kier alpha value is -2.83. The van der Waals surface area contributed by atoms with Gasteiger partial charge in [0.25, 0.3) is 0 Å². The van der Waals surface area contributed by atoms with Gasteiger partial charge in [0, 0.05) is 18.5 Å². The summed E-state index contributed by atoms with van der Waals surface area (Å²) in [5.74, 6) is -1.06. The van der Waals surface area contributed by atoms with Crippen LogP contribution in [0.2, 0.25) is 0 Å². The van der Waals surface area contributed by atoms with Crippen LogP contribution in [0, 0.1) is 0 Å². The Labute approximate surface area is 160 Å². The Kier molecular flexibility index (Phi) is 8.51. The highest BCUT2D eigenvalue weighted by molar-refractivity contribution is 5.94. The maximum atomic E-state index is 12.2. The molecule has 2 N–H and O–H groups in total. The highest BCUT2D eigenvalue weighted by Crippen LogP contribution is 2.10. The minimum Gasteiger partial charge on any atom is -0.464 e. The van der Waals surface area contributed by atoms with Gasteiger partial charge in [-0.1, -0.05) is 36.9 Å². The van der Waals surface area contributed by atoms with Crippen molar-refractivity contribution >= 4 is 18.0 Å². The molecule has 0 aliphatic rings. The van der Waals surface area contributed by atoms with Crippen molar-refractivity contribution in [3.05, 3.63) is 48.0 Å². The van der Waals surface area contributed by atoms with Crippen LogP contribution in [0.4, 0.5) is 4.79 Å². The molecule has 0 heterocycles. The van der Waals surface area contributed by atoms with E-state index in [1.807, 2.05) is 30.3 Å². The lowest BCUT2D eigenvalue weighted by Gasteiger charge is -2.23. The predicted octanol–water partition coefficient (Wildman–Crippen LogP) is 2.71. The molecule has 0 aliphatic carbocycles. The minimum absolute atomic E-state index is 0.0846. The quantitative estimate of drug-likeness (QED) is 0.537. The molecule has 1 rings (SSSR count). The number of hydrogen-bond acceptors (Lipinski definition) is 5. The van der Waals surface area contributed by atoms with Crippen LogP contribution in [0.5, 0.6) is 0 Å². The number of carbonyl (C=O) groups is 3. The first-order chi connectivity index (χ1) is 12.6. The molecule has 0 radical (unpaired) electrons. The fourth-order valence-corrected chi connectivity index (χ4v) is 2.13. The molecule has 0 aliphatic heterocycles. The minimum atomic E-state index is -1.06. The molecular formula is C20H28N2O5. The largest absolute Gasteiger partial charge is 0.464 e. The van der Waals surface area contributed by atoms with Crippen LogP contribution >= 0.6 is 0 Å². The van der Waals surface area contributed by atoms with E-state index in [1.165, 1.54) is 0 Å². The maximum Gasteiger partial charge on any atom is 0.408 e. The van der Waals surface area contributed by atoms with Gasteiger partial charge in [-0.05, 0) is 33.3 Å². The van der Waals surface area contributed by atoms with Crippen molar-refractivity contribution in [1.82, 2.24) is 10.6 Å². The van der Waals surface area contributed by atoms with Crippen LogP contribution in [0.3, 0.4) is 0 Å². The first-order valence-electron chi connectivity index (χ1n) is 8.78. The fraction of sp³-hybridized carbons (Fsp3) is 0.450. The lowest BCUT2D eigenvalue weighted by Crippen LogP contribution is -2.45. The van der Waals surface area contributed by atoms with Crippen molar-refractivity contribution in [1.29, 1.82) is 0 Å². The number of benzene rings is 1. The Balaban J connectivity index is 2.66. The summed E-state index contributed by atoms with van der Waals surface area (Å²) in [6, 6.07) is 8.34. The number of amides is 2. The normalized spacial score (nSPS) is 11.9. The van der Waals surface area contributed by atoms with Crippen LogP contribution in [0.25, 0.3) is 0 Å². The van der Waals surface area contributed by atoms with Gasteiger partial charge < -0.3 is 20.1 Å². The van der Waals surface area contributed by atoms with Gasteiger partial charge in [-0.25, -0.2) is 9.59 Å². The molecule has 1 atom stereocenters. The molecule has 0 aromatic heterocycles. The van der Waals surface area contributed by atoms with Crippen molar-refractivity contribution in [2.24, 2.45) is 0 Å². The van der Waals surface area contributed by atoms with E-state index < -0.39 is 29.6 Å². The van der Waals surface area contributed by atoms with E-state index in [0.717, 1.165) is 5.56 Å². The van der Waals surface area contributed by atoms with Gasteiger partial charge in [-0.2, -0.15) is 0 Å². The molecule has 0 spiro atoms. The SMILES string of the molecule is C=C(C[C@H](NC(=O)OC(C)(C)C)C(=O)OCC)C(=O)NCc1ccccc1. The standard InChI is InChI=1S/C20H28N2O5/c1-6-26-18(24)16(22-19(25)27-20(3,4)5)12-14(2)17(23)21-13-15-10-8-7-9-11-15/h7-11,16H,2,6,12-13H2,1,3-5H3,(H,21,23)(H,22,25)/t16-/m0/s1. The summed E-state index contributed by atoms with van der Waals surface area (Å²) in [6.07, 6.45) is -0.850. The fourth-order valence-electron chi connectivity index (χ4n) is 2.13. The lowest BCUT2D eigenvalue weighted by molar-refractivity contribution is -0.145. The van der Waals surface area contributed by atoms with E-state index in [-0.39, 0.29) is 18.6 Å². The Bertz CT molecular complexity index is 665. The van der Waals surface area contributed by atoms with Gasteiger partial charge in [0.05, 0.1) is 6.61 Å². The van der Waals surface area contributed by atoms with Gasteiger partial charge in [0.15, 0.2) is 0 Å². The summed E-state index contributed by atoms with van der Waals surface area (Å²) >= 11 is 0. The zero-order valence-electron chi connectivity index (χ0n) is 16.3. The molecule has 2 amide bonds. The molecule has 7 nitrogen and oxygen atoms in total. The lowest BCUT2D eigenvalue weighted by atomic mass is 10.1. The second kappa shape index (κ2) is 10.4. The van der Waals surface area contributed by atoms with E-state index >= 15 is 0 Å². The third kappa shape index (κ3) is 8.89. The van der Waals surface area contributed by atoms with Crippen LogP contribution in [-0.4, -0.2) is 36.2 Å². The van der Waals surface area contributed by atoms with Gasteiger partial charge >= 0.3 is 12.1 Å². The van der Waals surface area contributed by atoms with Gasteiger partial charge in [0.2, 0.25) is 5.91 Å². The summed E-state index contributed by atoms with van der Waals surface area (Å²) in [4.78, 5) is 36.3. The zero-order valence-corrected chi connectivity index (χ0v) is 16.3. The molecule has 1 aromatic rings. The Morgan fingerprint density at radius 2 is 1.78 bits per heavy atom. The summed E-state index contributed by atoms with van der Waals surface area (Å²) in [5, 5.41) is 5.17. The number of ether oxygens (including phenoxy) is 2. The van der Waals surface area contributed by atoms with Gasteiger partial charge in [0.1, 0.15) is 11.6 Å². The summed E-state index contributed by atoms with van der Waals surface area (Å²) < 4.78 is 10.1. The van der Waals surface area contributed by atoms with E-state index in [1.54, 1.807) is 27.7 Å². The zero-order chi connectivity index (χ0) is 20.4. The first kappa shape index (κ1) is 22.2. The summed E-state index contributed by atoms with van der Waals surface area (Å²) in [5.41, 5.74) is 0.375.